The highest BCUT2D eigenvalue weighted by atomic mass is 16.7. The molecule has 0 aromatic heterocycles. The lowest BCUT2D eigenvalue weighted by Gasteiger charge is -2.28. The second kappa shape index (κ2) is 9.75. The van der Waals surface area contributed by atoms with Gasteiger partial charge in [-0.25, -0.2) is 0 Å². The standard InChI is InChI=1S/C17H35NO2/c1-5-7-9-13-17(12-8-6-2)19-15-16(20-17)11-10-14-18(3)4/h16H,5-15H2,1-4H3. The van der Waals surface area contributed by atoms with Gasteiger partial charge in [-0.15, -0.1) is 0 Å². The minimum Gasteiger partial charge on any atom is -0.347 e. The van der Waals surface area contributed by atoms with Crippen LogP contribution < -0.4 is 0 Å². The first-order valence-electron chi connectivity index (χ1n) is 8.58. The highest BCUT2D eigenvalue weighted by Gasteiger charge is 2.39. The van der Waals surface area contributed by atoms with Gasteiger partial charge in [-0.05, 0) is 46.3 Å². The van der Waals surface area contributed by atoms with Crippen molar-refractivity contribution >= 4 is 0 Å². The summed E-state index contributed by atoms with van der Waals surface area (Å²) in [6, 6.07) is 0. The van der Waals surface area contributed by atoms with Gasteiger partial charge in [0.15, 0.2) is 5.79 Å². The Morgan fingerprint density at radius 1 is 1.00 bits per heavy atom. The Bertz CT molecular complexity index is 245. The Hall–Kier alpha value is -0.120. The van der Waals surface area contributed by atoms with E-state index in [0.717, 1.165) is 32.4 Å². The maximum atomic E-state index is 6.34. The molecule has 0 bridgehead atoms. The van der Waals surface area contributed by atoms with Gasteiger partial charge in [0.2, 0.25) is 0 Å². The fourth-order valence-corrected chi connectivity index (χ4v) is 2.87. The van der Waals surface area contributed by atoms with Crippen molar-refractivity contribution in [3.63, 3.8) is 0 Å². The second-order valence-corrected chi connectivity index (χ2v) is 6.47. The minimum atomic E-state index is -0.256. The monoisotopic (exact) mass is 285 g/mol. The van der Waals surface area contributed by atoms with Crippen molar-refractivity contribution in [1.29, 1.82) is 0 Å². The third-order valence-electron chi connectivity index (χ3n) is 4.12. The maximum Gasteiger partial charge on any atom is 0.168 e. The van der Waals surface area contributed by atoms with E-state index in [1.807, 2.05) is 0 Å². The summed E-state index contributed by atoms with van der Waals surface area (Å²) in [5, 5.41) is 0. The first-order chi connectivity index (χ1) is 9.62. The van der Waals surface area contributed by atoms with Crippen molar-refractivity contribution in [2.24, 2.45) is 0 Å². The molecule has 20 heavy (non-hydrogen) atoms. The molecule has 0 radical (unpaired) electrons. The first kappa shape index (κ1) is 17.9. The van der Waals surface area contributed by atoms with Gasteiger partial charge in [0.1, 0.15) is 0 Å². The van der Waals surface area contributed by atoms with E-state index in [2.05, 4.69) is 32.8 Å². The van der Waals surface area contributed by atoms with Gasteiger partial charge in [0, 0.05) is 12.8 Å². The third kappa shape index (κ3) is 6.55. The molecule has 120 valence electrons. The van der Waals surface area contributed by atoms with Crippen molar-refractivity contribution < 1.29 is 9.47 Å². The molecule has 0 aromatic rings. The molecule has 1 aliphatic rings. The Morgan fingerprint density at radius 2 is 1.70 bits per heavy atom. The van der Waals surface area contributed by atoms with Crippen LogP contribution in [0.1, 0.15) is 71.6 Å². The van der Waals surface area contributed by atoms with Crippen molar-refractivity contribution in [3.8, 4) is 0 Å². The maximum absolute atomic E-state index is 6.34. The van der Waals surface area contributed by atoms with Crippen LogP contribution >= 0.6 is 0 Å². The Labute approximate surface area is 126 Å². The average molecular weight is 285 g/mol. The summed E-state index contributed by atoms with van der Waals surface area (Å²) in [5.74, 6) is -0.256. The van der Waals surface area contributed by atoms with E-state index in [9.17, 15) is 0 Å². The summed E-state index contributed by atoms with van der Waals surface area (Å²) >= 11 is 0. The van der Waals surface area contributed by atoms with E-state index >= 15 is 0 Å². The van der Waals surface area contributed by atoms with Gasteiger partial charge in [0.25, 0.3) is 0 Å². The highest BCUT2D eigenvalue weighted by molar-refractivity contribution is 4.79. The molecule has 1 aliphatic heterocycles. The third-order valence-corrected chi connectivity index (χ3v) is 4.12. The molecule has 0 saturated carbocycles. The molecule has 1 fully saturated rings. The van der Waals surface area contributed by atoms with Gasteiger partial charge in [0.05, 0.1) is 12.7 Å². The van der Waals surface area contributed by atoms with E-state index in [1.165, 1.54) is 38.5 Å². The number of ether oxygens (including phenoxy) is 2. The minimum absolute atomic E-state index is 0.256. The van der Waals surface area contributed by atoms with E-state index < -0.39 is 0 Å². The second-order valence-electron chi connectivity index (χ2n) is 6.47. The van der Waals surface area contributed by atoms with Crippen LogP contribution in [0.3, 0.4) is 0 Å². The van der Waals surface area contributed by atoms with Gasteiger partial charge in [-0.1, -0.05) is 33.1 Å². The number of nitrogens with zero attached hydrogens (tertiary/aromatic N) is 1. The van der Waals surface area contributed by atoms with Crippen LogP contribution in [0.25, 0.3) is 0 Å². The van der Waals surface area contributed by atoms with Gasteiger partial charge in [-0.2, -0.15) is 0 Å². The molecule has 3 nitrogen and oxygen atoms in total. The Kier molecular flexibility index (Phi) is 8.74. The van der Waals surface area contributed by atoms with Crippen LogP contribution in [0.2, 0.25) is 0 Å². The molecule has 3 heteroatoms. The molecule has 0 spiro atoms. The predicted molar refractivity (Wildman–Crippen MR) is 85.0 cm³/mol. The Morgan fingerprint density at radius 3 is 2.35 bits per heavy atom. The smallest absolute Gasteiger partial charge is 0.168 e. The van der Waals surface area contributed by atoms with E-state index in [0.29, 0.717) is 6.10 Å². The van der Waals surface area contributed by atoms with E-state index in [1.54, 1.807) is 0 Å². The van der Waals surface area contributed by atoms with Crippen LogP contribution in [0.5, 0.6) is 0 Å². The molecule has 0 aromatic carbocycles. The lowest BCUT2D eigenvalue weighted by molar-refractivity contribution is -0.179. The molecular weight excluding hydrogens is 250 g/mol. The zero-order valence-electron chi connectivity index (χ0n) is 14.1. The molecule has 0 N–H and O–H groups in total. The normalized spacial score (nSPS) is 26.6. The highest BCUT2D eigenvalue weighted by Crippen LogP contribution is 2.35. The molecule has 0 amide bonds. The van der Waals surface area contributed by atoms with Crippen molar-refractivity contribution in [2.75, 3.05) is 27.2 Å². The van der Waals surface area contributed by atoms with Crippen LogP contribution in [0, 0.1) is 0 Å². The van der Waals surface area contributed by atoms with Crippen LogP contribution in [-0.2, 0) is 9.47 Å². The van der Waals surface area contributed by atoms with Gasteiger partial charge in [-0.3, -0.25) is 0 Å². The number of rotatable bonds is 11. The van der Waals surface area contributed by atoms with Gasteiger partial charge < -0.3 is 14.4 Å². The lowest BCUT2D eigenvalue weighted by Crippen LogP contribution is -2.31. The lowest BCUT2D eigenvalue weighted by atomic mass is 10.0. The summed E-state index contributed by atoms with van der Waals surface area (Å²) in [6.45, 7) is 6.42. The van der Waals surface area contributed by atoms with Crippen LogP contribution in [0.4, 0.5) is 0 Å². The first-order valence-corrected chi connectivity index (χ1v) is 8.58. The summed E-state index contributed by atoms with van der Waals surface area (Å²) in [6.07, 6.45) is 11.0. The Balaban J connectivity index is 2.37. The molecule has 1 saturated heterocycles. The molecule has 2 unspecified atom stereocenters. The summed E-state index contributed by atoms with van der Waals surface area (Å²) in [7, 11) is 4.25. The number of hydrogen-bond donors (Lipinski definition) is 0. The quantitative estimate of drug-likeness (QED) is 0.531. The van der Waals surface area contributed by atoms with Crippen molar-refractivity contribution in [3.05, 3.63) is 0 Å². The fraction of sp³-hybridized carbons (Fsp3) is 1.00. The van der Waals surface area contributed by atoms with Gasteiger partial charge >= 0.3 is 0 Å². The largest absolute Gasteiger partial charge is 0.347 e. The number of unbranched alkanes of at least 4 members (excludes halogenated alkanes) is 3. The SMILES string of the molecule is CCCCCC1(CCCC)OCC(CCCN(C)C)O1. The number of hydrogen-bond acceptors (Lipinski definition) is 3. The zero-order valence-corrected chi connectivity index (χ0v) is 14.1. The summed E-state index contributed by atoms with van der Waals surface area (Å²) in [5.41, 5.74) is 0. The fourth-order valence-electron chi connectivity index (χ4n) is 2.87. The molecule has 1 rings (SSSR count). The summed E-state index contributed by atoms with van der Waals surface area (Å²) < 4.78 is 12.5. The molecule has 2 atom stereocenters. The van der Waals surface area contributed by atoms with Crippen LogP contribution in [0.15, 0.2) is 0 Å². The average Bonchev–Trinajstić information content (AvgIpc) is 2.80. The zero-order chi connectivity index (χ0) is 14.8. The molecule has 1 heterocycles. The van der Waals surface area contributed by atoms with E-state index in [-0.39, 0.29) is 5.79 Å². The van der Waals surface area contributed by atoms with Crippen molar-refractivity contribution in [2.45, 2.75) is 83.5 Å². The molecule has 0 aliphatic carbocycles. The van der Waals surface area contributed by atoms with Crippen LogP contribution in [-0.4, -0.2) is 44.0 Å². The molecular formula is C17H35NO2. The van der Waals surface area contributed by atoms with Crippen molar-refractivity contribution in [1.82, 2.24) is 4.90 Å². The topological polar surface area (TPSA) is 21.7 Å². The summed E-state index contributed by atoms with van der Waals surface area (Å²) in [4.78, 5) is 2.24. The predicted octanol–water partition coefficient (Wildman–Crippen LogP) is 4.21. The van der Waals surface area contributed by atoms with E-state index in [4.69, 9.17) is 9.47 Å².